The third-order valence-electron chi connectivity index (χ3n) is 6.32. The molecule has 1 aliphatic rings. The maximum Gasteiger partial charge on any atom is 0.490 e. The van der Waals surface area contributed by atoms with Gasteiger partial charge in [-0.1, -0.05) is 66.7 Å². The van der Waals surface area contributed by atoms with Crippen LogP contribution >= 0.6 is 0 Å². The van der Waals surface area contributed by atoms with E-state index < -0.39 is 22.2 Å². The molecule has 4 rings (SSSR count). The zero-order chi connectivity index (χ0) is 28.5. The molecule has 3 N–H and O–H groups in total. The summed E-state index contributed by atoms with van der Waals surface area (Å²) in [6.45, 7) is 3.46. The zero-order valence-electron chi connectivity index (χ0n) is 21.5. The molecule has 11 heteroatoms. The summed E-state index contributed by atoms with van der Waals surface area (Å²) in [6.07, 6.45) is -2.69. The van der Waals surface area contributed by atoms with Gasteiger partial charge in [-0.3, -0.25) is 0 Å². The normalized spacial score (nSPS) is 14.9. The highest BCUT2D eigenvalue weighted by atomic mass is 32.2. The maximum atomic E-state index is 12.6. The van der Waals surface area contributed by atoms with Crippen LogP contribution in [-0.4, -0.2) is 56.7 Å². The van der Waals surface area contributed by atoms with Crippen molar-refractivity contribution in [1.29, 1.82) is 0 Å². The molecule has 3 aromatic carbocycles. The van der Waals surface area contributed by atoms with Crippen molar-refractivity contribution in [3.8, 4) is 11.1 Å². The van der Waals surface area contributed by atoms with Crippen LogP contribution in [0, 0.1) is 0 Å². The molecular formula is C28H32F3N3O4S. The number of nitrogens with zero attached hydrogens (tertiary/aromatic N) is 1. The predicted octanol–water partition coefficient (Wildman–Crippen LogP) is 4.65. The van der Waals surface area contributed by atoms with E-state index in [1.165, 1.54) is 18.4 Å². The lowest BCUT2D eigenvalue weighted by molar-refractivity contribution is -0.192. The first-order chi connectivity index (χ1) is 18.4. The van der Waals surface area contributed by atoms with Gasteiger partial charge in [0.05, 0.1) is 4.90 Å². The van der Waals surface area contributed by atoms with E-state index in [0.717, 1.165) is 36.3 Å². The number of aliphatic carboxylic acids is 1. The third kappa shape index (κ3) is 9.77. The Morgan fingerprint density at radius 3 is 1.87 bits per heavy atom. The highest BCUT2D eigenvalue weighted by Gasteiger charge is 2.38. The van der Waals surface area contributed by atoms with Crippen LogP contribution in [0.2, 0.25) is 0 Å². The Labute approximate surface area is 226 Å². The van der Waals surface area contributed by atoms with E-state index in [1.807, 2.05) is 42.5 Å². The number of sulfonamides is 1. The van der Waals surface area contributed by atoms with Gasteiger partial charge < -0.3 is 15.3 Å². The lowest BCUT2D eigenvalue weighted by atomic mass is 10.0. The molecule has 0 spiro atoms. The molecule has 3 aromatic rings. The third-order valence-corrected chi connectivity index (χ3v) is 7.73. The van der Waals surface area contributed by atoms with Gasteiger partial charge in [-0.05, 0) is 67.4 Å². The van der Waals surface area contributed by atoms with E-state index in [2.05, 4.69) is 46.3 Å². The van der Waals surface area contributed by atoms with Crippen LogP contribution in [0.5, 0.6) is 0 Å². The van der Waals surface area contributed by atoms with E-state index in [4.69, 9.17) is 9.90 Å². The number of nitrogens with one attached hydrogen (secondary N) is 2. The van der Waals surface area contributed by atoms with Gasteiger partial charge in [-0.2, -0.15) is 13.2 Å². The molecular weight excluding hydrogens is 531 g/mol. The second kappa shape index (κ2) is 13.7. The highest BCUT2D eigenvalue weighted by molar-refractivity contribution is 7.89. The van der Waals surface area contributed by atoms with Crippen LogP contribution in [0.4, 0.5) is 13.2 Å². The number of halogens is 3. The molecule has 39 heavy (non-hydrogen) atoms. The van der Waals surface area contributed by atoms with Crippen molar-refractivity contribution in [2.45, 2.75) is 43.0 Å². The van der Waals surface area contributed by atoms with Crippen molar-refractivity contribution in [3.63, 3.8) is 0 Å². The zero-order valence-corrected chi connectivity index (χ0v) is 22.3. The molecule has 1 saturated heterocycles. The van der Waals surface area contributed by atoms with Gasteiger partial charge in [0.2, 0.25) is 10.0 Å². The van der Waals surface area contributed by atoms with Crippen LogP contribution in [0.1, 0.15) is 24.0 Å². The first-order valence-corrected chi connectivity index (χ1v) is 13.9. The Bertz CT molecular complexity index is 1290. The Morgan fingerprint density at radius 1 is 0.872 bits per heavy atom. The van der Waals surface area contributed by atoms with Crippen LogP contribution < -0.4 is 10.0 Å². The minimum absolute atomic E-state index is 0.274. The molecule has 0 aromatic heterocycles. The average molecular weight is 564 g/mol. The van der Waals surface area contributed by atoms with Gasteiger partial charge in [-0.15, -0.1) is 0 Å². The molecule has 0 unspecified atom stereocenters. The summed E-state index contributed by atoms with van der Waals surface area (Å²) < 4.78 is 59.6. The minimum Gasteiger partial charge on any atom is -0.475 e. The van der Waals surface area contributed by atoms with Gasteiger partial charge in [-0.25, -0.2) is 17.9 Å². The van der Waals surface area contributed by atoms with E-state index in [0.29, 0.717) is 6.04 Å². The maximum absolute atomic E-state index is 12.6. The molecule has 0 amide bonds. The van der Waals surface area contributed by atoms with E-state index in [1.54, 1.807) is 12.1 Å². The van der Waals surface area contributed by atoms with Gasteiger partial charge in [0.15, 0.2) is 0 Å². The number of hydrogen-bond donors (Lipinski definition) is 3. The molecule has 0 bridgehead atoms. The Kier molecular flexibility index (Phi) is 10.6. The number of carboxylic acids is 1. The van der Waals surface area contributed by atoms with Gasteiger partial charge in [0.1, 0.15) is 0 Å². The summed E-state index contributed by atoms with van der Waals surface area (Å²) >= 11 is 0. The summed E-state index contributed by atoms with van der Waals surface area (Å²) in [6, 6.07) is 25.6. The van der Waals surface area contributed by atoms with Crippen LogP contribution in [0.15, 0.2) is 83.8 Å². The van der Waals surface area contributed by atoms with E-state index in [-0.39, 0.29) is 11.4 Å². The molecule has 1 fully saturated rings. The number of alkyl halides is 3. The average Bonchev–Trinajstić information content (AvgIpc) is 2.92. The molecule has 0 saturated carbocycles. The van der Waals surface area contributed by atoms with E-state index in [9.17, 15) is 21.6 Å². The second-order valence-electron chi connectivity index (χ2n) is 9.29. The van der Waals surface area contributed by atoms with E-state index >= 15 is 0 Å². The largest absolute Gasteiger partial charge is 0.490 e. The number of carbonyl (C=O) groups is 1. The predicted molar refractivity (Wildman–Crippen MR) is 143 cm³/mol. The second-order valence-corrected chi connectivity index (χ2v) is 11.1. The van der Waals surface area contributed by atoms with Gasteiger partial charge >= 0.3 is 12.1 Å². The van der Waals surface area contributed by atoms with Gasteiger partial charge in [0, 0.05) is 19.1 Å². The number of likely N-dealkylation sites (tertiary alicyclic amines) is 1. The fourth-order valence-electron chi connectivity index (χ4n) is 3.97. The summed E-state index contributed by atoms with van der Waals surface area (Å²) in [7, 11) is -1.37. The molecule has 1 aliphatic heterocycles. The Morgan fingerprint density at radius 2 is 1.36 bits per heavy atom. The first kappa shape index (κ1) is 30.3. The lowest BCUT2D eigenvalue weighted by Crippen LogP contribution is -2.40. The van der Waals surface area contributed by atoms with Crippen LogP contribution in [0.3, 0.4) is 0 Å². The number of rotatable bonds is 8. The van der Waals surface area contributed by atoms with Crippen molar-refractivity contribution in [1.82, 2.24) is 14.9 Å². The van der Waals surface area contributed by atoms with Crippen molar-refractivity contribution in [3.05, 3.63) is 90.0 Å². The van der Waals surface area contributed by atoms with Crippen LogP contribution in [0.25, 0.3) is 11.1 Å². The van der Waals surface area contributed by atoms with Gasteiger partial charge in [0.25, 0.3) is 0 Å². The number of piperidine rings is 1. The molecule has 0 radical (unpaired) electrons. The smallest absolute Gasteiger partial charge is 0.475 e. The summed E-state index contributed by atoms with van der Waals surface area (Å²) in [4.78, 5) is 11.5. The molecule has 210 valence electrons. The minimum atomic E-state index is -5.08. The number of benzene rings is 3. The van der Waals surface area contributed by atoms with Crippen molar-refractivity contribution >= 4 is 16.0 Å². The van der Waals surface area contributed by atoms with Crippen LogP contribution in [-0.2, 0) is 27.9 Å². The van der Waals surface area contributed by atoms with Crippen molar-refractivity contribution < 1.29 is 31.5 Å². The SMILES string of the molecule is CN1CCC(NCc2ccc(-c3ccc(S(=O)(=O)NCc4ccccc4)cc3)cc2)CC1.O=C(O)C(F)(F)F. The lowest BCUT2D eigenvalue weighted by Gasteiger charge is -2.29. The molecule has 7 nitrogen and oxygen atoms in total. The monoisotopic (exact) mass is 563 g/mol. The molecule has 0 aliphatic carbocycles. The number of carboxylic acid groups (broad SMARTS) is 1. The van der Waals surface area contributed by atoms with Crippen molar-refractivity contribution in [2.24, 2.45) is 0 Å². The summed E-state index contributed by atoms with van der Waals surface area (Å²) in [5.41, 5.74) is 4.27. The number of hydrogen-bond acceptors (Lipinski definition) is 5. The summed E-state index contributed by atoms with van der Waals surface area (Å²) in [5, 5.41) is 10.8. The fourth-order valence-corrected chi connectivity index (χ4v) is 4.99. The Balaban J connectivity index is 0.000000532. The standard InChI is InChI=1S/C26H31N3O2S.C2HF3O2/c1-29-17-15-25(16-18-29)27-19-22-7-9-23(10-8-22)24-11-13-26(14-12-24)32(30,31)28-20-21-5-3-2-4-6-21;3-2(4,5)1(6)7/h2-14,25,27-28H,15-20H2,1H3;(H,6,7). The summed E-state index contributed by atoms with van der Waals surface area (Å²) in [5.74, 6) is -2.76. The molecule has 0 atom stereocenters. The Hall–Kier alpha value is -3.25. The quantitative estimate of drug-likeness (QED) is 0.369. The first-order valence-electron chi connectivity index (χ1n) is 12.4. The highest BCUT2D eigenvalue weighted by Crippen LogP contribution is 2.22. The topological polar surface area (TPSA) is 98.7 Å². The fraction of sp³-hybridized carbons (Fsp3) is 0.321. The molecule has 1 heterocycles. The van der Waals surface area contributed by atoms with Crippen molar-refractivity contribution in [2.75, 3.05) is 20.1 Å².